The van der Waals surface area contributed by atoms with Crippen molar-refractivity contribution in [3.63, 3.8) is 0 Å². The molecular formula is C25H23F3N8. The summed E-state index contributed by atoms with van der Waals surface area (Å²) in [6.45, 7) is 3.07. The highest BCUT2D eigenvalue weighted by atomic mass is 19.4. The lowest BCUT2D eigenvalue weighted by molar-refractivity contribution is -0.137. The Morgan fingerprint density at radius 1 is 0.944 bits per heavy atom. The number of hydrogen-bond acceptors (Lipinski definition) is 6. The average molecular weight is 493 g/mol. The summed E-state index contributed by atoms with van der Waals surface area (Å²) in [4.78, 5) is 17.8. The van der Waals surface area contributed by atoms with Crippen LogP contribution in [0.15, 0.2) is 73.6 Å². The third-order valence-corrected chi connectivity index (χ3v) is 5.57. The summed E-state index contributed by atoms with van der Waals surface area (Å²) in [5.74, 6) is 0.969. The Hall–Kier alpha value is -4.41. The first-order chi connectivity index (χ1) is 17.4. The zero-order valence-electron chi connectivity index (χ0n) is 19.4. The lowest BCUT2D eigenvalue weighted by Crippen LogP contribution is -2.08. The second-order valence-electron chi connectivity index (χ2n) is 8.20. The summed E-state index contributed by atoms with van der Waals surface area (Å²) in [7, 11) is 0. The van der Waals surface area contributed by atoms with E-state index in [1.54, 1.807) is 23.4 Å². The molecule has 2 N–H and O–H groups in total. The third-order valence-electron chi connectivity index (χ3n) is 5.57. The van der Waals surface area contributed by atoms with Gasteiger partial charge in [-0.2, -0.15) is 23.1 Å². The van der Waals surface area contributed by atoms with Crippen molar-refractivity contribution in [2.45, 2.75) is 26.1 Å². The van der Waals surface area contributed by atoms with E-state index in [0.29, 0.717) is 41.6 Å². The van der Waals surface area contributed by atoms with E-state index in [2.05, 4.69) is 37.5 Å². The number of benzene rings is 2. The van der Waals surface area contributed by atoms with E-state index < -0.39 is 11.7 Å². The van der Waals surface area contributed by atoms with Crippen LogP contribution in [-0.2, 0) is 12.7 Å². The number of fused-ring (bicyclic) bond motifs is 1. The van der Waals surface area contributed by atoms with Gasteiger partial charge in [0, 0.05) is 30.3 Å². The van der Waals surface area contributed by atoms with Gasteiger partial charge < -0.3 is 19.8 Å². The van der Waals surface area contributed by atoms with Crippen molar-refractivity contribution in [3.05, 3.63) is 84.7 Å². The molecule has 0 aliphatic heterocycles. The molecule has 0 bridgehead atoms. The Labute approximate surface area is 204 Å². The SMILES string of the molecule is CCCNc1nc(Nc2ccc(-n3ccnc3)cc2)nc2c1ncn2Cc1ccc(C(F)(F)F)cc1. The molecule has 0 radical (unpaired) electrons. The molecule has 0 aliphatic rings. The quantitative estimate of drug-likeness (QED) is 0.291. The minimum atomic E-state index is -4.37. The second kappa shape index (κ2) is 9.68. The van der Waals surface area contributed by atoms with E-state index >= 15 is 0 Å². The summed E-state index contributed by atoms with van der Waals surface area (Å²) < 4.78 is 42.5. The Morgan fingerprint density at radius 2 is 1.72 bits per heavy atom. The number of hydrogen-bond donors (Lipinski definition) is 2. The Bertz CT molecular complexity index is 1440. The van der Waals surface area contributed by atoms with Crippen molar-refractivity contribution in [1.82, 2.24) is 29.1 Å². The van der Waals surface area contributed by atoms with Crippen LogP contribution >= 0.6 is 0 Å². The minimum Gasteiger partial charge on any atom is -0.368 e. The van der Waals surface area contributed by atoms with E-state index in [4.69, 9.17) is 0 Å². The van der Waals surface area contributed by atoms with Crippen molar-refractivity contribution in [2.24, 2.45) is 0 Å². The summed E-state index contributed by atoms with van der Waals surface area (Å²) >= 11 is 0. The molecule has 0 aliphatic carbocycles. The van der Waals surface area contributed by atoms with Crippen molar-refractivity contribution < 1.29 is 13.2 Å². The van der Waals surface area contributed by atoms with Crippen LogP contribution in [0.3, 0.4) is 0 Å². The van der Waals surface area contributed by atoms with Crippen LogP contribution in [0.1, 0.15) is 24.5 Å². The Morgan fingerprint density at radius 3 is 2.39 bits per heavy atom. The van der Waals surface area contributed by atoms with Crippen molar-refractivity contribution in [3.8, 4) is 5.69 Å². The number of imidazole rings is 2. The van der Waals surface area contributed by atoms with Crippen molar-refractivity contribution in [1.29, 1.82) is 0 Å². The van der Waals surface area contributed by atoms with E-state index in [1.165, 1.54) is 12.1 Å². The van der Waals surface area contributed by atoms with Crippen LogP contribution in [0.5, 0.6) is 0 Å². The molecule has 5 rings (SSSR count). The van der Waals surface area contributed by atoms with E-state index in [0.717, 1.165) is 29.9 Å². The molecule has 3 aromatic heterocycles. The fourth-order valence-corrected chi connectivity index (χ4v) is 3.74. The van der Waals surface area contributed by atoms with Crippen LogP contribution < -0.4 is 10.6 Å². The Balaban J connectivity index is 1.44. The van der Waals surface area contributed by atoms with Crippen molar-refractivity contribution >= 4 is 28.6 Å². The number of nitrogens with zero attached hydrogens (tertiary/aromatic N) is 6. The molecule has 0 amide bonds. The first kappa shape index (κ1) is 23.3. The van der Waals surface area contributed by atoms with E-state index in [-0.39, 0.29) is 0 Å². The number of halogens is 3. The maximum absolute atomic E-state index is 12.9. The summed E-state index contributed by atoms with van der Waals surface area (Å²) in [6, 6.07) is 12.8. The fraction of sp³-hybridized carbons (Fsp3) is 0.200. The largest absolute Gasteiger partial charge is 0.416 e. The molecule has 0 atom stereocenters. The average Bonchev–Trinajstić information content (AvgIpc) is 3.54. The van der Waals surface area contributed by atoms with Gasteiger partial charge in [0.05, 0.1) is 24.8 Å². The van der Waals surface area contributed by atoms with E-state index in [1.807, 2.05) is 35.0 Å². The normalized spacial score (nSPS) is 11.7. The molecule has 8 nitrogen and oxygen atoms in total. The predicted octanol–water partition coefficient (Wildman–Crippen LogP) is 5.64. The molecule has 2 aromatic carbocycles. The molecule has 11 heteroatoms. The Kier molecular flexibility index (Phi) is 6.28. The van der Waals surface area contributed by atoms with Gasteiger partial charge in [-0.1, -0.05) is 19.1 Å². The highest BCUT2D eigenvalue weighted by Gasteiger charge is 2.30. The molecule has 0 saturated carbocycles. The van der Waals surface area contributed by atoms with Crippen LogP contribution in [0.2, 0.25) is 0 Å². The zero-order chi connectivity index (χ0) is 25.1. The standard InChI is InChI=1S/C25H23F3N8/c1-2-11-30-22-21-23(36(16-31-21)14-17-3-5-18(6-4-17)25(26,27)28)34-24(33-22)32-19-7-9-20(10-8-19)35-13-12-29-15-35/h3-10,12-13,15-16H,2,11,14H2,1H3,(H2,30,32,33,34). The number of aromatic nitrogens is 6. The lowest BCUT2D eigenvalue weighted by Gasteiger charge is -2.11. The number of anilines is 3. The lowest BCUT2D eigenvalue weighted by atomic mass is 10.1. The van der Waals surface area contributed by atoms with Gasteiger partial charge in [-0.15, -0.1) is 0 Å². The molecule has 0 saturated heterocycles. The smallest absolute Gasteiger partial charge is 0.368 e. The maximum atomic E-state index is 12.9. The molecular weight excluding hydrogens is 469 g/mol. The first-order valence-corrected chi connectivity index (χ1v) is 11.4. The van der Waals surface area contributed by atoms with Gasteiger partial charge in [-0.25, -0.2) is 9.97 Å². The highest BCUT2D eigenvalue weighted by molar-refractivity contribution is 5.84. The van der Waals surface area contributed by atoms with Crippen LogP contribution in [0.25, 0.3) is 16.9 Å². The molecule has 0 fully saturated rings. The second-order valence-corrected chi connectivity index (χ2v) is 8.20. The first-order valence-electron chi connectivity index (χ1n) is 11.4. The molecule has 36 heavy (non-hydrogen) atoms. The predicted molar refractivity (Wildman–Crippen MR) is 131 cm³/mol. The van der Waals surface area contributed by atoms with Crippen molar-refractivity contribution in [2.75, 3.05) is 17.2 Å². The summed E-state index contributed by atoms with van der Waals surface area (Å²) in [6.07, 6.45) is 3.46. The minimum absolute atomic E-state index is 0.317. The molecule has 0 unspecified atom stereocenters. The van der Waals surface area contributed by atoms with Gasteiger partial charge in [0.2, 0.25) is 5.95 Å². The van der Waals surface area contributed by atoms with Gasteiger partial charge in [-0.3, -0.25) is 0 Å². The number of nitrogens with one attached hydrogen (secondary N) is 2. The van der Waals surface area contributed by atoms with Crippen LogP contribution in [0.4, 0.5) is 30.6 Å². The number of alkyl halides is 3. The van der Waals surface area contributed by atoms with Gasteiger partial charge in [-0.05, 0) is 48.4 Å². The van der Waals surface area contributed by atoms with Gasteiger partial charge in [0.1, 0.15) is 0 Å². The van der Waals surface area contributed by atoms with Crippen LogP contribution in [-0.4, -0.2) is 35.6 Å². The zero-order valence-corrected chi connectivity index (χ0v) is 19.4. The number of rotatable bonds is 8. The fourth-order valence-electron chi connectivity index (χ4n) is 3.74. The molecule has 3 heterocycles. The van der Waals surface area contributed by atoms with Gasteiger partial charge >= 0.3 is 6.18 Å². The topological polar surface area (TPSA) is 85.5 Å². The molecule has 184 valence electrons. The monoisotopic (exact) mass is 492 g/mol. The van der Waals surface area contributed by atoms with Crippen LogP contribution in [0, 0.1) is 0 Å². The summed E-state index contributed by atoms with van der Waals surface area (Å²) in [5, 5.41) is 6.53. The highest BCUT2D eigenvalue weighted by Crippen LogP contribution is 2.29. The molecule has 5 aromatic rings. The van der Waals surface area contributed by atoms with E-state index in [9.17, 15) is 13.2 Å². The summed E-state index contributed by atoms with van der Waals surface area (Å²) in [5.41, 5.74) is 2.95. The molecule has 0 spiro atoms. The third kappa shape index (κ3) is 4.99. The van der Waals surface area contributed by atoms with Gasteiger partial charge in [0.15, 0.2) is 17.0 Å². The van der Waals surface area contributed by atoms with Gasteiger partial charge in [0.25, 0.3) is 0 Å². The maximum Gasteiger partial charge on any atom is 0.416 e.